The van der Waals surface area contributed by atoms with E-state index in [2.05, 4.69) is 35.0 Å². The van der Waals surface area contributed by atoms with Crippen LogP contribution in [-0.4, -0.2) is 66.8 Å². The zero-order valence-corrected chi connectivity index (χ0v) is 18.9. The van der Waals surface area contributed by atoms with Crippen LogP contribution >= 0.6 is 34.4 Å². The van der Waals surface area contributed by atoms with Crippen LogP contribution in [0.2, 0.25) is 0 Å². The molecule has 1 aliphatic heterocycles. The number of hydrogen-bond acceptors (Lipinski definition) is 7. The number of thioether (sulfide) groups is 1. The average Bonchev–Trinajstić information content (AvgIpc) is 3.42. The predicted molar refractivity (Wildman–Crippen MR) is 122 cm³/mol. The van der Waals surface area contributed by atoms with Crippen molar-refractivity contribution in [2.24, 2.45) is 0 Å². The lowest BCUT2D eigenvalue weighted by atomic mass is 10.1. The lowest BCUT2D eigenvalue weighted by molar-refractivity contribution is -0.134. The van der Waals surface area contributed by atoms with Crippen molar-refractivity contribution in [3.63, 3.8) is 0 Å². The topological polar surface area (TPSA) is 45.7 Å². The summed E-state index contributed by atoms with van der Waals surface area (Å²) in [6.45, 7) is 3.43. The Morgan fingerprint density at radius 2 is 2.03 bits per heavy atom. The monoisotopic (exact) mass is 445 g/mol. The molecular weight excluding hydrogens is 422 g/mol. The van der Waals surface area contributed by atoms with Gasteiger partial charge in [0.2, 0.25) is 0 Å². The van der Waals surface area contributed by atoms with Crippen LogP contribution in [0, 0.1) is 0 Å². The highest BCUT2D eigenvalue weighted by Crippen LogP contribution is 2.38. The van der Waals surface area contributed by atoms with Crippen molar-refractivity contribution >= 4 is 40.3 Å². The van der Waals surface area contributed by atoms with E-state index in [4.69, 9.17) is 9.72 Å². The number of carbonyl (C=O) groups excluding carboxylic acids is 1. The van der Waals surface area contributed by atoms with E-state index in [1.54, 1.807) is 34.4 Å². The van der Waals surface area contributed by atoms with Gasteiger partial charge in [-0.1, -0.05) is 12.1 Å². The van der Waals surface area contributed by atoms with E-state index >= 15 is 0 Å². The van der Waals surface area contributed by atoms with Crippen molar-refractivity contribution < 1.29 is 9.53 Å². The fraction of sp³-hybridized carbons (Fsp3) is 0.333. The summed E-state index contributed by atoms with van der Waals surface area (Å²) < 4.78 is 7.08. The van der Waals surface area contributed by atoms with Crippen molar-refractivity contribution in [1.82, 2.24) is 14.8 Å². The molecule has 0 aliphatic carbocycles. The van der Waals surface area contributed by atoms with Crippen LogP contribution in [0.4, 0.5) is 0 Å². The highest BCUT2D eigenvalue weighted by molar-refractivity contribution is 8.00. The second-order valence-electron chi connectivity index (χ2n) is 6.86. The van der Waals surface area contributed by atoms with Gasteiger partial charge in [0.05, 0.1) is 9.90 Å². The van der Waals surface area contributed by atoms with Crippen molar-refractivity contribution in [3.8, 4) is 27.6 Å². The molecule has 29 heavy (non-hydrogen) atoms. The number of likely N-dealkylation sites (N-methyl/N-ethyl adjacent to an activating group) is 1. The summed E-state index contributed by atoms with van der Waals surface area (Å²) in [5, 5.41) is 5.21. The highest BCUT2D eigenvalue weighted by atomic mass is 32.2. The largest absolute Gasteiger partial charge is 0.484 e. The van der Waals surface area contributed by atoms with E-state index in [0.717, 1.165) is 42.4 Å². The Morgan fingerprint density at radius 1 is 1.21 bits per heavy atom. The minimum atomic E-state index is 0.0431. The minimum absolute atomic E-state index is 0.0431. The van der Waals surface area contributed by atoms with Crippen molar-refractivity contribution in [3.05, 3.63) is 41.1 Å². The summed E-state index contributed by atoms with van der Waals surface area (Å²) in [5.74, 6) is 0.737. The first-order chi connectivity index (χ1) is 14.1. The molecule has 3 aromatic rings. The number of aromatic nitrogens is 1. The quantitative estimate of drug-likeness (QED) is 0.526. The van der Waals surface area contributed by atoms with Gasteiger partial charge in [-0.05, 0) is 36.9 Å². The van der Waals surface area contributed by atoms with Crippen LogP contribution in [0.3, 0.4) is 0 Å². The summed E-state index contributed by atoms with van der Waals surface area (Å²) in [5.41, 5.74) is 3.13. The highest BCUT2D eigenvalue weighted by Gasteiger charge is 2.19. The number of piperazine rings is 1. The van der Waals surface area contributed by atoms with E-state index in [0.29, 0.717) is 5.75 Å². The zero-order valence-electron chi connectivity index (χ0n) is 16.5. The van der Waals surface area contributed by atoms with Crippen LogP contribution in [0.15, 0.2) is 45.3 Å². The third-order valence-electron chi connectivity index (χ3n) is 4.90. The average molecular weight is 446 g/mol. The molecule has 1 aliphatic rings. The third-order valence-corrected chi connectivity index (χ3v) is 7.86. The first kappa shape index (κ1) is 20.4. The summed E-state index contributed by atoms with van der Waals surface area (Å²) in [7, 11) is 2.08. The van der Waals surface area contributed by atoms with Gasteiger partial charge in [-0.25, -0.2) is 4.98 Å². The fourth-order valence-electron chi connectivity index (χ4n) is 3.18. The molecule has 0 saturated carbocycles. The summed E-state index contributed by atoms with van der Waals surface area (Å²) in [6.07, 6.45) is 2.09. The van der Waals surface area contributed by atoms with Crippen LogP contribution in [0.1, 0.15) is 0 Å². The molecular formula is C21H23N3O2S3. The van der Waals surface area contributed by atoms with Gasteiger partial charge in [-0.3, -0.25) is 4.79 Å². The standard InChI is InChI=1S/C21H23N3O2S3/c1-23-7-9-24(10-8-23)19(25)13-26-16-5-3-4-15(12-16)18-14-29-20(22-18)17-6-11-28-21(17)27-2/h3-6,11-12,14H,7-10,13H2,1-2H3. The molecule has 0 N–H and O–H groups in total. The van der Waals surface area contributed by atoms with Crippen LogP contribution in [0.5, 0.6) is 5.75 Å². The van der Waals surface area contributed by atoms with Crippen molar-refractivity contribution in [2.75, 3.05) is 46.1 Å². The van der Waals surface area contributed by atoms with Gasteiger partial charge >= 0.3 is 0 Å². The number of hydrogen-bond donors (Lipinski definition) is 0. The molecule has 0 bridgehead atoms. The molecule has 0 atom stereocenters. The number of rotatable bonds is 6. The Balaban J connectivity index is 1.42. The van der Waals surface area contributed by atoms with Gasteiger partial charge < -0.3 is 14.5 Å². The van der Waals surface area contributed by atoms with Crippen LogP contribution < -0.4 is 4.74 Å². The lowest BCUT2D eigenvalue weighted by Crippen LogP contribution is -2.48. The number of amides is 1. The second kappa shape index (κ2) is 9.30. The molecule has 8 heteroatoms. The number of nitrogens with zero attached hydrogens (tertiary/aromatic N) is 3. The van der Waals surface area contributed by atoms with Crippen molar-refractivity contribution in [2.45, 2.75) is 4.21 Å². The third kappa shape index (κ3) is 4.83. The Kier molecular flexibility index (Phi) is 6.54. The van der Waals surface area contributed by atoms with E-state index in [1.807, 2.05) is 29.2 Å². The molecule has 4 rings (SSSR count). The minimum Gasteiger partial charge on any atom is -0.484 e. The smallest absolute Gasteiger partial charge is 0.260 e. The summed E-state index contributed by atoms with van der Waals surface area (Å²) >= 11 is 5.15. The molecule has 2 aromatic heterocycles. The Labute approximate surface area is 183 Å². The summed E-state index contributed by atoms with van der Waals surface area (Å²) in [6, 6.07) is 9.94. The molecule has 1 amide bonds. The van der Waals surface area contributed by atoms with Gasteiger partial charge in [0.25, 0.3) is 5.91 Å². The maximum Gasteiger partial charge on any atom is 0.260 e. The van der Waals surface area contributed by atoms with Gasteiger partial charge in [0, 0.05) is 42.7 Å². The number of thiophene rings is 1. The number of ether oxygens (including phenoxy) is 1. The molecule has 1 fully saturated rings. The number of thiazole rings is 1. The van der Waals surface area contributed by atoms with E-state index in [-0.39, 0.29) is 12.5 Å². The maximum atomic E-state index is 12.4. The second-order valence-corrected chi connectivity index (χ2v) is 9.71. The van der Waals surface area contributed by atoms with E-state index in [1.165, 1.54) is 9.77 Å². The number of benzene rings is 1. The predicted octanol–water partition coefficient (Wildman–Crippen LogP) is 4.41. The fourth-order valence-corrected chi connectivity index (χ4v) is 5.72. The van der Waals surface area contributed by atoms with Gasteiger partial charge in [0.1, 0.15) is 10.8 Å². The normalized spacial score (nSPS) is 14.9. The Hall–Kier alpha value is -1.87. The maximum absolute atomic E-state index is 12.4. The van der Waals surface area contributed by atoms with Gasteiger partial charge in [-0.2, -0.15) is 0 Å². The van der Waals surface area contributed by atoms with Crippen LogP contribution in [-0.2, 0) is 4.79 Å². The molecule has 0 radical (unpaired) electrons. The lowest BCUT2D eigenvalue weighted by Gasteiger charge is -2.32. The van der Waals surface area contributed by atoms with E-state index in [9.17, 15) is 4.79 Å². The van der Waals surface area contributed by atoms with E-state index < -0.39 is 0 Å². The summed E-state index contributed by atoms with van der Waals surface area (Å²) in [4.78, 5) is 21.3. The first-order valence-electron chi connectivity index (χ1n) is 9.41. The molecule has 0 spiro atoms. The molecule has 1 aromatic carbocycles. The Bertz CT molecular complexity index is 977. The van der Waals surface area contributed by atoms with Gasteiger partial charge in [0.15, 0.2) is 6.61 Å². The first-order valence-corrected chi connectivity index (χ1v) is 12.4. The zero-order chi connectivity index (χ0) is 20.2. The molecule has 152 valence electrons. The molecule has 1 saturated heterocycles. The molecule has 3 heterocycles. The van der Waals surface area contributed by atoms with Crippen LogP contribution in [0.25, 0.3) is 21.8 Å². The molecule has 0 unspecified atom stereocenters. The number of carbonyl (C=O) groups is 1. The SMILES string of the molecule is CSc1sccc1-c1nc(-c2cccc(OCC(=O)N3CCN(C)CC3)c2)cs1. The Morgan fingerprint density at radius 3 is 2.83 bits per heavy atom. The van der Waals surface area contributed by atoms with Gasteiger partial charge in [-0.15, -0.1) is 34.4 Å². The molecule has 5 nitrogen and oxygen atoms in total. The van der Waals surface area contributed by atoms with Crippen molar-refractivity contribution in [1.29, 1.82) is 0 Å².